The summed E-state index contributed by atoms with van der Waals surface area (Å²) in [5, 5.41) is 3.64. The van der Waals surface area contributed by atoms with Crippen molar-refractivity contribution in [3.8, 4) is 0 Å². The van der Waals surface area contributed by atoms with Gasteiger partial charge >= 0.3 is 5.97 Å². The summed E-state index contributed by atoms with van der Waals surface area (Å²) < 4.78 is 32.2. The van der Waals surface area contributed by atoms with Crippen molar-refractivity contribution in [3.05, 3.63) is 28.8 Å². The number of hydrogen-bond acceptors (Lipinski definition) is 5. The molecule has 0 atom stereocenters. The second-order valence-corrected chi connectivity index (χ2v) is 8.34. The summed E-state index contributed by atoms with van der Waals surface area (Å²) in [6, 6.07) is 4.52. The number of halogens is 1. The first kappa shape index (κ1) is 20.2. The lowest BCUT2D eigenvalue weighted by atomic mass is 10.1. The number of methoxy groups -OCH3 is 1. The van der Waals surface area contributed by atoms with Crippen LogP contribution >= 0.6 is 11.6 Å². The molecular weight excluding hydrogens is 364 g/mol. The van der Waals surface area contributed by atoms with Gasteiger partial charge in [0.25, 0.3) is 0 Å². The molecule has 0 aliphatic heterocycles. The van der Waals surface area contributed by atoms with Crippen LogP contribution in [0.25, 0.3) is 0 Å². The highest BCUT2D eigenvalue weighted by molar-refractivity contribution is 7.89. The van der Waals surface area contributed by atoms with E-state index in [9.17, 15) is 13.2 Å². The zero-order valence-electron chi connectivity index (χ0n) is 14.4. The number of benzene rings is 1. The van der Waals surface area contributed by atoms with E-state index in [4.69, 9.17) is 11.6 Å². The van der Waals surface area contributed by atoms with Crippen molar-refractivity contribution >= 4 is 27.6 Å². The number of esters is 1. The Balaban J connectivity index is 1.97. The van der Waals surface area contributed by atoms with Crippen LogP contribution in [0.1, 0.15) is 48.9 Å². The Morgan fingerprint density at radius 3 is 2.52 bits per heavy atom. The molecule has 1 aromatic carbocycles. The normalized spacial score (nSPS) is 16.4. The SMILES string of the molecule is COC(=O)c1ccc(Cl)cc1S(=O)(=O)NCCNC1CCCCCC1. The Labute approximate surface area is 154 Å². The number of carbonyl (C=O) groups excluding carboxylic acids is 1. The fourth-order valence-corrected chi connectivity index (χ4v) is 4.51. The highest BCUT2D eigenvalue weighted by Crippen LogP contribution is 2.21. The van der Waals surface area contributed by atoms with E-state index < -0.39 is 16.0 Å². The average Bonchev–Trinajstić information content (AvgIpc) is 2.87. The Morgan fingerprint density at radius 2 is 1.88 bits per heavy atom. The van der Waals surface area contributed by atoms with E-state index in [0.29, 0.717) is 12.6 Å². The van der Waals surface area contributed by atoms with E-state index in [2.05, 4.69) is 14.8 Å². The molecule has 0 spiro atoms. The van der Waals surface area contributed by atoms with Crippen molar-refractivity contribution in [1.29, 1.82) is 0 Å². The molecule has 1 aliphatic rings. The summed E-state index contributed by atoms with van der Waals surface area (Å²) in [6.45, 7) is 0.782. The zero-order valence-corrected chi connectivity index (χ0v) is 16.0. The van der Waals surface area contributed by atoms with Gasteiger partial charge in [0.2, 0.25) is 10.0 Å². The van der Waals surface area contributed by atoms with Gasteiger partial charge < -0.3 is 10.1 Å². The zero-order chi connectivity index (χ0) is 18.3. The van der Waals surface area contributed by atoms with Crippen LogP contribution in [0.3, 0.4) is 0 Å². The van der Waals surface area contributed by atoms with Gasteiger partial charge in [0, 0.05) is 24.2 Å². The third-order valence-corrected chi connectivity index (χ3v) is 6.08. The van der Waals surface area contributed by atoms with Gasteiger partial charge in [-0.2, -0.15) is 0 Å². The lowest BCUT2D eigenvalue weighted by Crippen LogP contribution is -2.37. The molecule has 0 saturated heterocycles. The molecular formula is C17H25ClN2O4S. The summed E-state index contributed by atoms with van der Waals surface area (Å²) in [7, 11) is -2.65. The van der Waals surface area contributed by atoms with Crippen LogP contribution in [0, 0.1) is 0 Å². The van der Waals surface area contributed by atoms with Gasteiger partial charge in [-0.25, -0.2) is 17.9 Å². The summed E-state index contributed by atoms with van der Waals surface area (Å²) >= 11 is 5.89. The van der Waals surface area contributed by atoms with E-state index in [0.717, 1.165) is 12.8 Å². The number of rotatable bonds is 7. The molecule has 6 nitrogen and oxygen atoms in total. The fraction of sp³-hybridized carbons (Fsp3) is 0.588. The van der Waals surface area contributed by atoms with Crippen molar-refractivity contribution in [1.82, 2.24) is 10.0 Å². The highest BCUT2D eigenvalue weighted by Gasteiger charge is 2.23. The summed E-state index contributed by atoms with van der Waals surface area (Å²) in [6.07, 6.45) is 7.25. The van der Waals surface area contributed by atoms with Crippen LogP contribution in [-0.4, -0.2) is 40.6 Å². The van der Waals surface area contributed by atoms with Gasteiger partial charge in [0.15, 0.2) is 0 Å². The maximum Gasteiger partial charge on any atom is 0.339 e. The number of carbonyl (C=O) groups is 1. The molecule has 1 aliphatic carbocycles. The molecule has 25 heavy (non-hydrogen) atoms. The van der Waals surface area contributed by atoms with Crippen molar-refractivity contribution in [3.63, 3.8) is 0 Å². The van der Waals surface area contributed by atoms with E-state index in [1.807, 2.05) is 0 Å². The Hall–Kier alpha value is -1.15. The molecule has 0 unspecified atom stereocenters. The van der Waals surface area contributed by atoms with E-state index in [-0.39, 0.29) is 22.0 Å². The number of sulfonamides is 1. The summed E-state index contributed by atoms with van der Waals surface area (Å²) in [5.41, 5.74) is -0.0314. The summed E-state index contributed by atoms with van der Waals surface area (Å²) in [5.74, 6) is -0.714. The number of nitrogens with one attached hydrogen (secondary N) is 2. The van der Waals surface area contributed by atoms with Crippen molar-refractivity contribution < 1.29 is 17.9 Å². The second-order valence-electron chi connectivity index (χ2n) is 6.17. The lowest BCUT2D eigenvalue weighted by molar-refractivity contribution is 0.0596. The molecule has 0 amide bonds. The van der Waals surface area contributed by atoms with Crippen LogP contribution in [0.15, 0.2) is 23.1 Å². The molecule has 0 aromatic heterocycles. The minimum Gasteiger partial charge on any atom is -0.465 e. The Kier molecular flexibility index (Phi) is 7.68. The first-order chi connectivity index (χ1) is 11.9. The van der Waals surface area contributed by atoms with Crippen molar-refractivity contribution in [2.75, 3.05) is 20.2 Å². The van der Waals surface area contributed by atoms with E-state index >= 15 is 0 Å². The Bertz CT molecular complexity index is 686. The van der Waals surface area contributed by atoms with Gasteiger partial charge in [-0.3, -0.25) is 0 Å². The largest absolute Gasteiger partial charge is 0.465 e. The van der Waals surface area contributed by atoms with E-state index in [1.165, 1.54) is 51.0 Å². The van der Waals surface area contributed by atoms with Crippen LogP contribution in [0.2, 0.25) is 5.02 Å². The average molecular weight is 389 g/mol. The van der Waals surface area contributed by atoms with E-state index in [1.54, 1.807) is 0 Å². The molecule has 1 aromatic rings. The molecule has 2 N–H and O–H groups in total. The maximum absolute atomic E-state index is 12.5. The number of ether oxygens (including phenoxy) is 1. The molecule has 140 valence electrons. The smallest absolute Gasteiger partial charge is 0.339 e. The standard InChI is InChI=1S/C17H25ClN2O4S/c1-24-17(21)15-9-8-13(18)12-16(15)25(22,23)20-11-10-19-14-6-4-2-3-5-7-14/h8-9,12,14,19-20H,2-7,10-11H2,1H3. The minimum absolute atomic E-state index is 0.0314. The first-order valence-electron chi connectivity index (χ1n) is 8.55. The minimum atomic E-state index is -3.85. The van der Waals surface area contributed by atoms with Gasteiger partial charge in [-0.1, -0.05) is 37.3 Å². The van der Waals surface area contributed by atoms with Gasteiger partial charge in [-0.05, 0) is 31.0 Å². The molecule has 0 heterocycles. The van der Waals surface area contributed by atoms with Crippen molar-refractivity contribution in [2.45, 2.75) is 49.5 Å². The lowest BCUT2D eigenvalue weighted by Gasteiger charge is -2.16. The van der Waals surface area contributed by atoms with Gasteiger partial charge in [-0.15, -0.1) is 0 Å². The maximum atomic E-state index is 12.5. The van der Waals surface area contributed by atoms with Gasteiger partial charge in [0.05, 0.1) is 17.6 Å². The molecule has 1 fully saturated rings. The quantitative estimate of drug-likeness (QED) is 0.426. The third kappa shape index (κ3) is 5.95. The molecule has 0 bridgehead atoms. The van der Waals surface area contributed by atoms with Gasteiger partial charge in [0.1, 0.15) is 0 Å². The van der Waals surface area contributed by atoms with Crippen molar-refractivity contribution in [2.24, 2.45) is 0 Å². The topological polar surface area (TPSA) is 84.5 Å². The monoisotopic (exact) mass is 388 g/mol. The third-order valence-electron chi connectivity index (χ3n) is 4.34. The van der Waals surface area contributed by atoms with Crippen LogP contribution in [-0.2, 0) is 14.8 Å². The second kappa shape index (κ2) is 9.52. The molecule has 8 heteroatoms. The first-order valence-corrected chi connectivity index (χ1v) is 10.4. The van der Waals surface area contributed by atoms with Crippen LogP contribution in [0.4, 0.5) is 0 Å². The highest BCUT2D eigenvalue weighted by atomic mass is 35.5. The predicted octanol–water partition coefficient (Wildman–Crippen LogP) is 2.72. The molecule has 0 radical (unpaired) electrons. The molecule has 2 rings (SSSR count). The Morgan fingerprint density at radius 1 is 1.20 bits per heavy atom. The van der Waals surface area contributed by atoms with Crippen LogP contribution in [0.5, 0.6) is 0 Å². The molecule has 1 saturated carbocycles. The van der Waals surface area contributed by atoms with Crippen LogP contribution < -0.4 is 10.0 Å². The summed E-state index contributed by atoms with van der Waals surface area (Å²) in [4.78, 5) is 11.6. The fourth-order valence-electron chi connectivity index (χ4n) is 3.02. The number of hydrogen-bond donors (Lipinski definition) is 2. The predicted molar refractivity (Wildman–Crippen MR) is 97.5 cm³/mol.